The Hall–Kier alpha value is -2.41. The second kappa shape index (κ2) is 23.0. The molecule has 7 heteroatoms. The molecule has 2 rings (SSSR count). The quantitative estimate of drug-likeness (QED) is 0.102. The molecule has 2 aromatic rings. The number of aromatic hydroxyl groups is 2. The van der Waals surface area contributed by atoms with Crippen LogP contribution in [-0.2, 0) is 0 Å². The van der Waals surface area contributed by atoms with Crippen LogP contribution in [-0.4, -0.2) is 36.6 Å². The van der Waals surface area contributed by atoms with Crippen LogP contribution in [0.2, 0.25) is 0 Å². The van der Waals surface area contributed by atoms with Crippen LogP contribution in [0, 0.1) is 0 Å². The summed E-state index contributed by atoms with van der Waals surface area (Å²) >= 11 is 1.49. The van der Waals surface area contributed by atoms with Crippen molar-refractivity contribution in [1.29, 1.82) is 0 Å². The van der Waals surface area contributed by atoms with Crippen LogP contribution in [0.1, 0.15) is 130 Å². The minimum absolute atomic E-state index is 0.0811. The Morgan fingerprint density at radius 2 is 0.721 bits per heavy atom. The second-order valence-electron chi connectivity index (χ2n) is 11.2. The zero-order valence-corrected chi connectivity index (χ0v) is 28.2. The van der Waals surface area contributed by atoms with E-state index in [-0.39, 0.29) is 11.5 Å². The molecule has 2 N–H and O–H groups in total. The number of phenolic OH excluding ortho intramolecular Hbond substituents is 2. The number of unbranched alkanes of at least 4 members (excludes halogenated alkanes) is 12. The maximum Gasteiger partial charge on any atom is 0.204 e. The monoisotopic (exact) mass is 618 g/mol. The smallest absolute Gasteiger partial charge is 0.204 e. The fourth-order valence-corrected chi connectivity index (χ4v) is 5.71. The summed E-state index contributed by atoms with van der Waals surface area (Å²) in [5, 5.41) is 21.6. The summed E-state index contributed by atoms with van der Waals surface area (Å²) < 4.78 is 25.0. The summed E-state index contributed by atoms with van der Waals surface area (Å²) in [6, 6.07) is 7.08. The molecule has 0 spiro atoms. The molecule has 0 aromatic heterocycles. The van der Waals surface area contributed by atoms with Gasteiger partial charge in [0, 0.05) is 0 Å². The number of phenols is 2. The molecule has 0 amide bonds. The van der Waals surface area contributed by atoms with Crippen LogP contribution in [0.5, 0.6) is 34.5 Å². The second-order valence-corrected chi connectivity index (χ2v) is 12.3. The third-order valence-electron chi connectivity index (χ3n) is 7.31. The number of rotatable bonds is 26. The first-order chi connectivity index (χ1) is 21.1. The van der Waals surface area contributed by atoms with E-state index in [2.05, 4.69) is 27.7 Å². The largest absolute Gasteiger partial charge is 0.504 e. The molecular formula is C36H58O6S. The third kappa shape index (κ3) is 13.8. The average molecular weight is 619 g/mol. The summed E-state index contributed by atoms with van der Waals surface area (Å²) in [5.74, 6) is 2.06. The molecule has 0 bridgehead atoms. The molecule has 0 heterocycles. The Kier molecular flexibility index (Phi) is 19.7. The van der Waals surface area contributed by atoms with Gasteiger partial charge in [-0.25, -0.2) is 0 Å². The normalized spacial score (nSPS) is 11.1. The molecule has 0 aliphatic rings. The Balaban J connectivity index is 2.37. The first-order valence-electron chi connectivity index (χ1n) is 17.0. The van der Waals surface area contributed by atoms with Gasteiger partial charge in [0.25, 0.3) is 0 Å². The van der Waals surface area contributed by atoms with Crippen molar-refractivity contribution < 1.29 is 29.2 Å². The van der Waals surface area contributed by atoms with Crippen LogP contribution >= 0.6 is 11.8 Å². The van der Waals surface area contributed by atoms with Crippen molar-refractivity contribution in [2.45, 2.75) is 140 Å². The molecule has 0 atom stereocenters. The van der Waals surface area contributed by atoms with Crippen molar-refractivity contribution in [3.8, 4) is 34.5 Å². The van der Waals surface area contributed by atoms with Crippen molar-refractivity contribution in [3.05, 3.63) is 24.3 Å². The first-order valence-corrected chi connectivity index (χ1v) is 17.8. The average Bonchev–Trinajstić information content (AvgIpc) is 3.00. The lowest BCUT2D eigenvalue weighted by atomic mass is 10.2. The third-order valence-corrected chi connectivity index (χ3v) is 8.39. The Morgan fingerprint density at radius 3 is 1.02 bits per heavy atom. The van der Waals surface area contributed by atoms with Gasteiger partial charge in [-0.3, -0.25) is 0 Å². The van der Waals surface area contributed by atoms with Gasteiger partial charge in [-0.1, -0.05) is 117 Å². The van der Waals surface area contributed by atoms with E-state index in [1.54, 1.807) is 12.1 Å². The summed E-state index contributed by atoms with van der Waals surface area (Å²) in [5.41, 5.74) is 0. The fourth-order valence-electron chi connectivity index (χ4n) is 4.71. The lowest BCUT2D eigenvalue weighted by Gasteiger charge is -2.20. The molecule has 0 aliphatic heterocycles. The van der Waals surface area contributed by atoms with Gasteiger partial charge >= 0.3 is 0 Å². The van der Waals surface area contributed by atoms with E-state index in [4.69, 9.17) is 18.9 Å². The van der Waals surface area contributed by atoms with E-state index in [0.717, 1.165) is 99.7 Å². The van der Waals surface area contributed by atoms with Gasteiger partial charge in [-0.15, -0.1) is 0 Å². The van der Waals surface area contributed by atoms with Gasteiger partial charge in [0.1, 0.15) is 0 Å². The van der Waals surface area contributed by atoms with Crippen LogP contribution < -0.4 is 18.9 Å². The zero-order valence-electron chi connectivity index (χ0n) is 27.4. The standard InChI is InChI=1S/C36H58O6S/c1-5-9-13-17-25-39-33-29(37)21-23-31(35(33)41-27-19-15-11-7-3)43-32-24-22-30(38)34(40-26-18-14-10-6-2)36(32)42-28-20-16-12-8-4/h21-24,37-38H,5-20,25-28H2,1-4H3. The Labute approximate surface area is 265 Å². The van der Waals surface area contributed by atoms with Gasteiger partial charge in [-0.2, -0.15) is 0 Å². The lowest BCUT2D eigenvalue weighted by Crippen LogP contribution is -2.05. The van der Waals surface area contributed by atoms with Gasteiger partial charge in [0.15, 0.2) is 23.0 Å². The number of hydrogen-bond acceptors (Lipinski definition) is 7. The molecule has 0 unspecified atom stereocenters. The summed E-state index contributed by atoms with van der Waals surface area (Å²) in [6.07, 6.45) is 17.4. The van der Waals surface area contributed by atoms with E-state index >= 15 is 0 Å². The van der Waals surface area contributed by atoms with Crippen molar-refractivity contribution in [3.63, 3.8) is 0 Å². The van der Waals surface area contributed by atoms with Gasteiger partial charge in [0.05, 0.1) is 36.2 Å². The van der Waals surface area contributed by atoms with Crippen LogP contribution in [0.25, 0.3) is 0 Å². The molecular weight excluding hydrogens is 560 g/mol. The van der Waals surface area contributed by atoms with E-state index in [9.17, 15) is 10.2 Å². The molecule has 244 valence electrons. The van der Waals surface area contributed by atoms with Gasteiger partial charge < -0.3 is 29.2 Å². The predicted molar refractivity (Wildman–Crippen MR) is 179 cm³/mol. The van der Waals surface area contributed by atoms with Crippen molar-refractivity contribution in [2.24, 2.45) is 0 Å². The van der Waals surface area contributed by atoms with Crippen LogP contribution in [0.4, 0.5) is 0 Å². The zero-order chi connectivity index (χ0) is 31.1. The van der Waals surface area contributed by atoms with E-state index in [1.807, 2.05) is 12.1 Å². The van der Waals surface area contributed by atoms with Gasteiger partial charge in [0.2, 0.25) is 11.5 Å². The molecule has 2 aromatic carbocycles. The topological polar surface area (TPSA) is 77.4 Å². The SMILES string of the molecule is CCCCCCOc1c(O)ccc(Sc2ccc(O)c(OCCCCCC)c2OCCCCCC)c1OCCCCCC. The van der Waals surface area contributed by atoms with Crippen molar-refractivity contribution in [2.75, 3.05) is 26.4 Å². The highest BCUT2D eigenvalue weighted by Gasteiger charge is 2.22. The Bertz CT molecular complexity index is 932. The number of benzene rings is 2. The van der Waals surface area contributed by atoms with Gasteiger partial charge in [-0.05, 0) is 49.9 Å². The first kappa shape index (κ1) is 36.8. The lowest BCUT2D eigenvalue weighted by molar-refractivity contribution is 0.243. The molecule has 0 aliphatic carbocycles. The van der Waals surface area contributed by atoms with Crippen LogP contribution in [0.3, 0.4) is 0 Å². The number of ether oxygens (including phenoxy) is 4. The van der Waals surface area contributed by atoms with E-state index < -0.39 is 0 Å². The molecule has 0 saturated heterocycles. The number of hydrogen-bond donors (Lipinski definition) is 2. The minimum atomic E-state index is 0.0811. The maximum absolute atomic E-state index is 10.8. The minimum Gasteiger partial charge on any atom is -0.504 e. The van der Waals surface area contributed by atoms with Crippen molar-refractivity contribution in [1.82, 2.24) is 0 Å². The molecule has 43 heavy (non-hydrogen) atoms. The fraction of sp³-hybridized carbons (Fsp3) is 0.667. The highest BCUT2D eigenvalue weighted by Crippen LogP contribution is 2.51. The van der Waals surface area contributed by atoms with E-state index in [1.165, 1.54) is 24.6 Å². The van der Waals surface area contributed by atoms with Crippen molar-refractivity contribution >= 4 is 11.8 Å². The molecule has 0 radical (unpaired) electrons. The molecule has 6 nitrogen and oxygen atoms in total. The highest BCUT2D eigenvalue weighted by atomic mass is 32.2. The van der Waals surface area contributed by atoms with Crippen LogP contribution in [0.15, 0.2) is 34.1 Å². The molecule has 0 fully saturated rings. The summed E-state index contributed by atoms with van der Waals surface area (Å²) in [4.78, 5) is 1.65. The van der Waals surface area contributed by atoms with E-state index in [0.29, 0.717) is 49.4 Å². The molecule has 0 saturated carbocycles. The predicted octanol–water partition coefficient (Wildman–Crippen LogP) is 11.1. The summed E-state index contributed by atoms with van der Waals surface area (Å²) in [6.45, 7) is 10.9. The summed E-state index contributed by atoms with van der Waals surface area (Å²) in [7, 11) is 0. The maximum atomic E-state index is 10.8. The highest BCUT2D eigenvalue weighted by molar-refractivity contribution is 7.99. The Morgan fingerprint density at radius 1 is 0.419 bits per heavy atom.